The van der Waals surface area contributed by atoms with Crippen molar-refractivity contribution in [3.8, 4) is 0 Å². The molecule has 1 aromatic rings. The van der Waals surface area contributed by atoms with Crippen LogP contribution in [0.2, 0.25) is 0 Å². The van der Waals surface area contributed by atoms with Crippen molar-refractivity contribution in [2.45, 2.75) is 6.42 Å². The molecular formula is C12H13NO3. The molecule has 0 radical (unpaired) electrons. The Labute approximate surface area is 93.9 Å². The van der Waals surface area contributed by atoms with Gasteiger partial charge in [-0.15, -0.1) is 6.58 Å². The second-order valence-electron chi connectivity index (χ2n) is 3.03. The van der Waals surface area contributed by atoms with E-state index in [9.17, 15) is 4.79 Å². The minimum atomic E-state index is -0.643. The average Bonchev–Trinajstić information content (AvgIpc) is 2.32. The minimum absolute atomic E-state index is 0.0929. The minimum Gasteiger partial charge on any atom is -0.461 e. The molecule has 16 heavy (non-hydrogen) atoms. The molecule has 4 heteroatoms. The number of hydrogen-bond acceptors (Lipinski definition) is 4. The highest BCUT2D eigenvalue weighted by molar-refractivity contribution is 6.43. The third kappa shape index (κ3) is 3.24. The van der Waals surface area contributed by atoms with Gasteiger partial charge in [0.15, 0.2) is 5.71 Å². The molecule has 0 aliphatic heterocycles. The number of esters is 1. The molecule has 0 bridgehead atoms. The van der Waals surface area contributed by atoms with Gasteiger partial charge in [0.05, 0.1) is 6.61 Å². The molecule has 1 rings (SSSR count). The van der Waals surface area contributed by atoms with Crippen LogP contribution in [0.5, 0.6) is 0 Å². The maximum atomic E-state index is 11.5. The molecule has 0 aliphatic rings. The quantitative estimate of drug-likeness (QED) is 0.206. The molecule has 0 amide bonds. The number of rotatable bonds is 5. The Morgan fingerprint density at radius 1 is 1.44 bits per heavy atom. The topological polar surface area (TPSA) is 58.9 Å². The number of carbonyl (C=O) groups is 1. The Bertz CT molecular complexity index is 385. The van der Waals surface area contributed by atoms with E-state index in [-0.39, 0.29) is 12.3 Å². The fourth-order valence-corrected chi connectivity index (χ4v) is 1.12. The zero-order valence-electron chi connectivity index (χ0n) is 8.80. The van der Waals surface area contributed by atoms with Gasteiger partial charge >= 0.3 is 5.97 Å². The molecule has 0 saturated heterocycles. The first kappa shape index (κ1) is 12.0. The lowest BCUT2D eigenvalue weighted by atomic mass is 10.1. The molecule has 1 N–H and O–H groups in total. The van der Waals surface area contributed by atoms with Crippen molar-refractivity contribution in [1.82, 2.24) is 0 Å². The molecule has 4 nitrogen and oxygen atoms in total. The van der Waals surface area contributed by atoms with Crippen molar-refractivity contribution in [3.05, 3.63) is 48.6 Å². The van der Waals surface area contributed by atoms with Gasteiger partial charge in [0.1, 0.15) is 0 Å². The summed E-state index contributed by atoms with van der Waals surface area (Å²) < 4.78 is 4.89. The van der Waals surface area contributed by atoms with Gasteiger partial charge in [0, 0.05) is 5.56 Å². The lowest BCUT2D eigenvalue weighted by Crippen LogP contribution is -2.19. The Balaban J connectivity index is 2.69. The molecule has 84 valence electrons. The van der Waals surface area contributed by atoms with E-state index in [1.54, 1.807) is 30.3 Å². The molecule has 0 unspecified atom stereocenters. The summed E-state index contributed by atoms with van der Waals surface area (Å²) in [5, 5.41) is 11.7. The normalized spacial score (nSPS) is 10.9. The van der Waals surface area contributed by atoms with E-state index in [0.29, 0.717) is 12.0 Å². The summed E-state index contributed by atoms with van der Waals surface area (Å²) in [6.07, 6.45) is 2.21. The van der Waals surface area contributed by atoms with Crippen LogP contribution in [0.1, 0.15) is 12.0 Å². The number of hydrogen-bond donors (Lipinski definition) is 1. The first-order valence-electron chi connectivity index (χ1n) is 4.85. The summed E-state index contributed by atoms with van der Waals surface area (Å²) >= 11 is 0. The van der Waals surface area contributed by atoms with Crippen LogP contribution < -0.4 is 0 Å². The Kier molecular flexibility index (Phi) is 4.79. The lowest BCUT2D eigenvalue weighted by molar-refractivity contribution is -0.135. The van der Waals surface area contributed by atoms with Gasteiger partial charge in [0.25, 0.3) is 0 Å². The molecule has 0 atom stereocenters. The Morgan fingerprint density at radius 3 is 2.69 bits per heavy atom. The molecule has 0 aliphatic carbocycles. The van der Waals surface area contributed by atoms with E-state index in [1.807, 2.05) is 6.07 Å². The smallest absolute Gasteiger partial charge is 0.361 e. The second kappa shape index (κ2) is 6.40. The lowest BCUT2D eigenvalue weighted by Gasteiger charge is -2.04. The third-order valence-electron chi connectivity index (χ3n) is 1.90. The van der Waals surface area contributed by atoms with E-state index < -0.39 is 5.97 Å². The van der Waals surface area contributed by atoms with E-state index in [4.69, 9.17) is 9.94 Å². The summed E-state index contributed by atoms with van der Waals surface area (Å²) in [4.78, 5) is 11.5. The number of ether oxygens (including phenoxy) is 1. The maximum absolute atomic E-state index is 11.5. The van der Waals surface area contributed by atoms with E-state index in [2.05, 4.69) is 11.7 Å². The van der Waals surface area contributed by atoms with Crippen LogP contribution in [-0.2, 0) is 9.53 Å². The highest BCUT2D eigenvalue weighted by Gasteiger charge is 2.15. The fourth-order valence-electron chi connectivity index (χ4n) is 1.12. The van der Waals surface area contributed by atoms with Crippen molar-refractivity contribution < 1.29 is 14.7 Å². The zero-order chi connectivity index (χ0) is 11.8. The summed E-state index contributed by atoms with van der Waals surface area (Å²) in [7, 11) is 0. The monoisotopic (exact) mass is 219 g/mol. The van der Waals surface area contributed by atoms with Gasteiger partial charge in [-0.25, -0.2) is 4.79 Å². The van der Waals surface area contributed by atoms with Crippen LogP contribution in [0.15, 0.2) is 48.1 Å². The largest absolute Gasteiger partial charge is 0.461 e. The molecule has 0 aromatic heterocycles. The van der Waals surface area contributed by atoms with E-state index >= 15 is 0 Å². The fraction of sp³-hybridized carbons (Fsp3) is 0.167. The van der Waals surface area contributed by atoms with E-state index in [0.717, 1.165) is 0 Å². The van der Waals surface area contributed by atoms with E-state index in [1.165, 1.54) is 0 Å². The van der Waals surface area contributed by atoms with Crippen molar-refractivity contribution in [3.63, 3.8) is 0 Å². The number of benzene rings is 1. The second-order valence-corrected chi connectivity index (χ2v) is 3.03. The van der Waals surface area contributed by atoms with Crippen LogP contribution in [0.3, 0.4) is 0 Å². The molecular weight excluding hydrogens is 206 g/mol. The standard InChI is InChI=1S/C12H13NO3/c1-2-3-9-16-12(14)11(13-15)10-7-5-4-6-8-10/h2,4-8,15H,1,3,9H2/b13-11+. The highest BCUT2D eigenvalue weighted by Crippen LogP contribution is 2.03. The number of oxime groups is 1. The molecule has 0 spiro atoms. The maximum Gasteiger partial charge on any atom is 0.361 e. The predicted octanol–water partition coefficient (Wildman–Crippen LogP) is 1.98. The van der Waals surface area contributed by atoms with Crippen molar-refractivity contribution >= 4 is 11.7 Å². The Morgan fingerprint density at radius 2 is 2.12 bits per heavy atom. The van der Waals surface area contributed by atoms with Crippen LogP contribution in [0, 0.1) is 0 Å². The van der Waals surface area contributed by atoms with Crippen LogP contribution in [0.25, 0.3) is 0 Å². The highest BCUT2D eigenvalue weighted by atomic mass is 16.5. The average molecular weight is 219 g/mol. The van der Waals surface area contributed by atoms with Crippen LogP contribution in [0.4, 0.5) is 0 Å². The third-order valence-corrected chi connectivity index (χ3v) is 1.90. The van der Waals surface area contributed by atoms with Gasteiger partial charge in [0.2, 0.25) is 0 Å². The summed E-state index contributed by atoms with van der Waals surface area (Å²) in [6.45, 7) is 3.74. The van der Waals surface area contributed by atoms with Gasteiger partial charge in [-0.1, -0.05) is 41.6 Å². The predicted molar refractivity (Wildman–Crippen MR) is 60.5 cm³/mol. The first-order valence-corrected chi connectivity index (χ1v) is 4.85. The Hall–Kier alpha value is -2.10. The molecule has 0 fully saturated rings. The van der Waals surface area contributed by atoms with Crippen LogP contribution in [-0.4, -0.2) is 23.5 Å². The van der Waals surface area contributed by atoms with Crippen molar-refractivity contribution in [2.24, 2.45) is 5.16 Å². The zero-order valence-corrected chi connectivity index (χ0v) is 8.80. The summed E-state index contributed by atoms with van der Waals surface area (Å²) in [6, 6.07) is 8.64. The van der Waals surface area contributed by atoms with Gasteiger partial charge in [-0.3, -0.25) is 0 Å². The first-order chi connectivity index (χ1) is 7.79. The number of carbonyl (C=O) groups excluding carboxylic acids is 1. The van der Waals surface area contributed by atoms with Crippen molar-refractivity contribution in [1.29, 1.82) is 0 Å². The molecule has 0 heterocycles. The summed E-state index contributed by atoms with van der Waals surface area (Å²) in [5.41, 5.74) is 0.429. The SMILES string of the molecule is C=CCCOC(=O)/C(=N/O)c1ccccc1. The number of nitrogens with zero attached hydrogens (tertiary/aromatic N) is 1. The van der Waals surface area contributed by atoms with Gasteiger partial charge < -0.3 is 9.94 Å². The molecule has 1 aromatic carbocycles. The van der Waals surface area contributed by atoms with Gasteiger partial charge in [-0.2, -0.15) is 0 Å². The van der Waals surface area contributed by atoms with Crippen molar-refractivity contribution in [2.75, 3.05) is 6.61 Å². The molecule has 0 saturated carbocycles. The van der Waals surface area contributed by atoms with Gasteiger partial charge in [-0.05, 0) is 6.42 Å². The van der Waals surface area contributed by atoms with Crippen LogP contribution >= 0.6 is 0 Å². The summed E-state index contributed by atoms with van der Waals surface area (Å²) in [5.74, 6) is -0.643.